The Morgan fingerprint density at radius 2 is 2.13 bits per heavy atom. The van der Waals surface area contributed by atoms with Crippen LogP contribution in [0, 0.1) is 0 Å². The highest BCUT2D eigenvalue weighted by Gasteiger charge is 2.26. The molecule has 0 atom stereocenters. The summed E-state index contributed by atoms with van der Waals surface area (Å²) in [5.74, 6) is 0.931. The van der Waals surface area contributed by atoms with Gasteiger partial charge in [0.15, 0.2) is 5.78 Å². The highest BCUT2D eigenvalue weighted by molar-refractivity contribution is 8.03. The zero-order valence-corrected chi connectivity index (χ0v) is 14.5. The number of hydrogen-bond donors (Lipinski definition) is 1. The van der Waals surface area contributed by atoms with E-state index in [9.17, 15) is 4.79 Å². The molecule has 0 aliphatic carbocycles. The van der Waals surface area contributed by atoms with Gasteiger partial charge in [-0.2, -0.15) is 0 Å². The van der Waals surface area contributed by atoms with Crippen molar-refractivity contribution in [2.75, 3.05) is 51.3 Å². The average molecular weight is 333 g/mol. The summed E-state index contributed by atoms with van der Waals surface area (Å²) < 4.78 is 5.36. The predicted molar refractivity (Wildman–Crippen MR) is 94.3 cm³/mol. The van der Waals surface area contributed by atoms with E-state index >= 15 is 0 Å². The Kier molecular flexibility index (Phi) is 5.25. The number of carbonyl (C=O) groups excluding carboxylic acids is 1. The van der Waals surface area contributed by atoms with Gasteiger partial charge in [-0.25, -0.2) is 0 Å². The van der Waals surface area contributed by atoms with Gasteiger partial charge in [0.1, 0.15) is 5.75 Å². The molecule has 0 amide bonds. The largest absolute Gasteiger partial charge is 0.497 e. The van der Waals surface area contributed by atoms with E-state index < -0.39 is 0 Å². The molecule has 23 heavy (non-hydrogen) atoms. The molecule has 0 unspecified atom stereocenters. The number of benzene rings is 1. The molecule has 0 radical (unpaired) electrons. The number of allylic oxidation sites excluding steroid dienone is 1. The van der Waals surface area contributed by atoms with Crippen LogP contribution in [-0.2, 0) is 4.79 Å². The molecule has 1 aromatic rings. The molecule has 0 saturated carbocycles. The van der Waals surface area contributed by atoms with E-state index in [4.69, 9.17) is 4.74 Å². The molecule has 1 saturated heterocycles. The lowest BCUT2D eigenvalue weighted by atomic mass is 10.2. The molecule has 2 aliphatic heterocycles. The first-order chi connectivity index (χ1) is 11.2. The van der Waals surface area contributed by atoms with Crippen LogP contribution in [0.2, 0.25) is 0 Å². The third-order valence-corrected chi connectivity index (χ3v) is 5.23. The Labute approximate surface area is 141 Å². The molecular formula is C17H23N3O2S. The summed E-state index contributed by atoms with van der Waals surface area (Å²) in [5.41, 5.74) is 1.14. The lowest BCUT2D eigenvalue weighted by Gasteiger charge is -2.30. The van der Waals surface area contributed by atoms with Crippen LogP contribution in [0.1, 0.15) is 6.92 Å². The van der Waals surface area contributed by atoms with Crippen molar-refractivity contribution < 1.29 is 9.53 Å². The maximum atomic E-state index is 11.6. The number of ether oxygens (including phenoxy) is 1. The minimum absolute atomic E-state index is 0.0828. The van der Waals surface area contributed by atoms with Crippen LogP contribution in [0.5, 0.6) is 5.75 Å². The maximum absolute atomic E-state index is 11.6. The molecular weight excluding hydrogens is 310 g/mol. The highest BCUT2D eigenvalue weighted by Crippen LogP contribution is 2.47. The van der Waals surface area contributed by atoms with Crippen molar-refractivity contribution in [1.82, 2.24) is 10.2 Å². The number of carbonyl (C=O) groups is 1. The molecule has 0 bridgehead atoms. The SMILES string of the molecule is COc1ccc2c(c1)N(CCN1CCNCC1)/C(=C/C(C)=O)S2. The number of piperazine rings is 1. The van der Waals surface area contributed by atoms with Crippen LogP contribution in [-0.4, -0.2) is 57.1 Å². The first-order valence-corrected chi connectivity index (χ1v) is 8.78. The molecule has 3 rings (SSSR count). The van der Waals surface area contributed by atoms with E-state index in [1.54, 1.807) is 31.9 Å². The number of ketones is 1. The number of anilines is 1. The summed E-state index contributed by atoms with van der Waals surface area (Å²) in [7, 11) is 1.68. The molecule has 2 aliphatic rings. The van der Waals surface area contributed by atoms with Gasteiger partial charge in [-0.3, -0.25) is 9.69 Å². The molecule has 5 nitrogen and oxygen atoms in total. The molecule has 124 valence electrons. The van der Waals surface area contributed by atoms with Crippen molar-refractivity contribution in [2.24, 2.45) is 0 Å². The Balaban J connectivity index is 1.79. The summed E-state index contributed by atoms with van der Waals surface area (Å²) in [4.78, 5) is 17.4. The molecule has 0 aromatic heterocycles. The first-order valence-electron chi connectivity index (χ1n) is 7.96. The second-order valence-corrected chi connectivity index (χ2v) is 6.83. The number of rotatable bonds is 5. The molecule has 1 aromatic carbocycles. The van der Waals surface area contributed by atoms with Gasteiger partial charge in [0.05, 0.1) is 17.8 Å². The van der Waals surface area contributed by atoms with Gasteiger partial charge in [0, 0.05) is 56.3 Å². The summed E-state index contributed by atoms with van der Waals surface area (Å²) in [6.45, 7) is 7.74. The zero-order valence-electron chi connectivity index (χ0n) is 13.7. The molecule has 1 N–H and O–H groups in total. The minimum Gasteiger partial charge on any atom is -0.497 e. The number of nitrogens with one attached hydrogen (secondary N) is 1. The fourth-order valence-electron chi connectivity index (χ4n) is 2.90. The van der Waals surface area contributed by atoms with Gasteiger partial charge in [0.2, 0.25) is 0 Å². The Bertz CT molecular complexity index is 612. The summed E-state index contributed by atoms with van der Waals surface area (Å²) in [5, 5.41) is 4.39. The number of nitrogens with zero attached hydrogens (tertiary/aromatic N) is 2. The number of fused-ring (bicyclic) bond motifs is 1. The van der Waals surface area contributed by atoms with Crippen LogP contribution >= 0.6 is 11.8 Å². The number of methoxy groups -OCH3 is 1. The van der Waals surface area contributed by atoms with Crippen LogP contribution in [0.15, 0.2) is 34.2 Å². The molecule has 0 spiro atoms. The van der Waals surface area contributed by atoms with Gasteiger partial charge in [0.25, 0.3) is 0 Å². The van der Waals surface area contributed by atoms with Gasteiger partial charge in [-0.15, -0.1) is 0 Å². The monoisotopic (exact) mass is 333 g/mol. The second kappa shape index (κ2) is 7.38. The normalized spacial score (nSPS) is 19.9. The van der Waals surface area contributed by atoms with Crippen molar-refractivity contribution in [3.63, 3.8) is 0 Å². The number of hydrogen-bond acceptors (Lipinski definition) is 6. The lowest BCUT2D eigenvalue weighted by Crippen LogP contribution is -2.46. The third-order valence-electron chi connectivity index (χ3n) is 4.11. The molecule has 6 heteroatoms. The third kappa shape index (κ3) is 3.88. The molecule has 2 heterocycles. The van der Waals surface area contributed by atoms with Gasteiger partial charge in [-0.1, -0.05) is 11.8 Å². The van der Waals surface area contributed by atoms with Crippen LogP contribution < -0.4 is 15.0 Å². The number of thioether (sulfide) groups is 1. The van der Waals surface area contributed by atoms with Crippen molar-refractivity contribution in [2.45, 2.75) is 11.8 Å². The van der Waals surface area contributed by atoms with Crippen LogP contribution in [0.25, 0.3) is 0 Å². The van der Waals surface area contributed by atoms with E-state index in [1.807, 2.05) is 6.07 Å². The van der Waals surface area contributed by atoms with E-state index in [0.717, 1.165) is 55.7 Å². The molecule has 1 fully saturated rings. The Morgan fingerprint density at radius 1 is 1.35 bits per heavy atom. The fraction of sp³-hybridized carbons (Fsp3) is 0.471. The fourth-order valence-corrected chi connectivity index (χ4v) is 4.06. The van der Waals surface area contributed by atoms with Gasteiger partial charge >= 0.3 is 0 Å². The van der Waals surface area contributed by atoms with Crippen molar-refractivity contribution in [3.8, 4) is 5.75 Å². The average Bonchev–Trinajstić information content (AvgIpc) is 2.89. The van der Waals surface area contributed by atoms with Crippen molar-refractivity contribution in [1.29, 1.82) is 0 Å². The van der Waals surface area contributed by atoms with Crippen LogP contribution in [0.4, 0.5) is 5.69 Å². The highest BCUT2D eigenvalue weighted by atomic mass is 32.2. The van der Waals surface area contributed by atoms with Crippen molar-refractivity contribution >= 4 is 23.2 Å². The van der Waals surface area contributed by atoms with E-state index in [0.29, 0.717) is 0 Å². The minimum atomic E-state index is 0.0828. The zero-order chi connectivity index (χ0) is 16.2. The van der Waals surface area contributed by atoms with Crippen LogP contribution in [0.3, 0.4) is 0 Å². The topological polar surface area (TPSA) is 44.8 Å². The van der Waals surface area contributed by atoms with Gasteiger partial charge in [-0.05, 0) is 19.1 Å². The maximum Gasteiger partial charge on any atom is 0.155 e. The smallest absolute Gasteiger partial charge is 0.155 e. The predicted octanol–water partition coefficient (Wildman–Crippen LogP) is 1.94. The van der Waals surface area contributed by atoms with Gasteiger partial charge < -0.3 is 15.0 Å². The summed E-state index contributed by atoms with van der Waals surface area (Å²) >= 11 is 1.66. The standard InChI is InChI=1S/C17H23N3O2S/c1-13(21)11-17-20(10-9-19-7-5-18-6-8-19)15-12-14(22-2)3-4-16(15)23-17/h3-4,11-12,18H,5-10H2,1-2H3/b17-11-. The Hall–Kier alpha value is -1.50. The summed E-state index contributed by atoms with van der Waals surface area (Å²) in [6, 6.07) is 6.09. The van der Waals surface area contributed by atoms with E-state index in [2.05, 4.69) is 27.2 Å². The van der Waals surface area contributed by atoms with Crippen molar-refractivity contribution in [3.05, 3.63) is 29.3 Å². The lowest BCUT2D eigenvalue weighted by molar-refractivity contribution is -0.112. The summed E-state index contributed by atoms with van der Waals surface area (Å²) in [6.07, 6.45) is 1.73. The Morgan fingerprint density at radius 3 is 2.83 bits per heavy atom. The second-order valence-electron chi connectivity index (χ2n) is 5.77. The van der Waals surface area contributed by atoms with E-state index in [1.165, 1.54) is 4.90 Å². The quantitative estimate of drug-likeness (QED) is 0.831. The van der Waals surface area contributed by atoms with E-state index in [-0.39, 0.29) is 5.78 Å². The first kappa shape index (κ1) is 16.4.